The van der Waals surface area contributed by atoms with Crippen LogP contribution in [-0.4, -0.2) is 117 Å². The Kier molecular flexibility index (Phi) is 21.7. The molecule has 0 bridgehead atoms. The lowest BCUT2D eigenvalue weighted by Gasteiger charge is -2.25. The number of benzene rings is 8. The summed E-state index contributed by atoms with van der Waals surface area (Å²) in [6.07, 6.45) is -0.782. The van der Waals surface area contributed by atoms with Gasteiger partial charge in [-0.2, -0.15) is 0 Å². The van der Waals surface area contributed by atoms with E-state index in [2.05, 4.69) is 26.6 Å². The molecule has 0 radical (unpaired) electrons. The standard InChI is InChI=1S/C75H70N6O18/c1-44-16-14-23-55(46(44)3)69(84)78-58-41-94-74(89)60(43-96-73(88)59(42-95-72(58)87)79-70(85)56-24-15-25-63(91-38-49-17-8-5-9-18-49)67(56)93-40-51-21-12-7-13-22-51)80-71(86)57-34-52(32-45(2)66(57)92-39-50-19-10-6-11-20-50)68(83)76-31-30-48-26-28-61-64(33-48)98-62-29-27-53(35-65(62)99-61)81-37-54(97-75(81)90)36-77-47(4)82/h5-29,32-35,54,58-60H,30-31,36-43H2,1-4H3,(H,76,83)(H,77,82)(H,78,84)(H,79,85)(H,80,86)/t54-,58-,59-,60?/m0/s1. The molecule has 8 aromatic rings. The molecule has 8 aromatic carbocycles. The molecule has 1 unspecified atom stereocenters. The molecule has 24 heteroatoms. The van der Waals surface area contributed by atoms with Gasteiger partial charge >= 0.3 is 24.0 Å². The fourth-order valence-corrected chi connectivity index (χ4v) is 10.9. The molecule has 3 aliphatic heterocycles. The molecule has 3 aliphatic rings. The van der Waals surface area contributed by atoms with Crippen LogP contribution in [0.2, 0.25) is 0 Å². The third-order valence-corrected chi connectivity index (χ3v) is 16.3. The zero-order valence-electron chi connectivity index (χ0n) is 54.4. The second kappa shape index (κ2) is 31.6. The highest BCUT2D eigenvalue weighted by atomic mass is 16.6. The van der Waals surface area contributed by atoms with E-state index in [1.165, 1.54) is 30.0 Å². The largest absolute Gasteiger partial charge is 0.488 e. The predicted molar refractivity (Wildman–Crippen MR) is 358 cm³/mol. The first-order valence-electron chi connectivity index (χ1n) is 31.8. The first-order valence-corrected chi connectivity index (χ1v) is 31.8. The lowest BCUT2D eigenvalue weighted by atomic mass is 10.0. The van der Waals surface area contributed by atoms with Gasteiger partial charge in [0.25, 0.3) is 23.6 Å². The third kappa shape index (κ3) is 17.3. The summed E-state index contributed by atoms with van der Waals surface area (Å²) in [5.74, 6) is -5.22. The zero-order valence-corrected chi connectivity index (χ0v) is 54.4. The normalized spacial score (nSPS) is 16.5. The number of anilines is 1. The molecule has 6 amide bonds. The molecular weight excluding hydrogens is 1270 g/mol. The van der Waals surface area contributed by atoms with E-state index in [0.717, 1.165) is 27.8 Å². The highest BCUT2D eigenvalue weighted by molar-refractivity contribution is 6.04. The average molecular weight is 1340 g/mol. The number of nitrogens with one attached hydrogen (secondary N) is 5. The highest BCUT2D eigenvalue weighted by Gasteiger charge is 2.37. The first kappa shape index (κ1) is 68.2. The summed E-state index contributed by atoms with van der Waals surface area (Å²) in [6.45, 7) is 4.50. The van der Waals surface area contributed by atoms with Gasteiger partial charge < -0.3 is 69.2 Å². The van der Waals surface area contributed by atoms with E-state index in [4.69, 9.17) is 42.6 Å². The molecule has 4 atom stereocenters. The van der Waals surface area contributed by atoms with Crippen LogP contribution in [0.25, 0.3) is 0 Å². The summed E-state index contributed by atoms with van der Waals surface area (Å²) in [6, 6.07) is 44.9. The van der Waals surface area contributed by atoms with Crippen LogP contribution in [-0.2, 0) is 64.4 Å². The summed E-state index contributed by atoms with van der Waals surface area (Å²) in [7, 11) is 0. The van der Waals surface area contributed by atoms with Crippen molar-refractivity contribution in [2.45, 2.75) is 78.2 Å². The molecule has 11 rings (SSSR count). The zero-order chi connectivity index (χ0) is 69.5. The van der Waals surface area contributed by atoms with E-state index in [-0.39, 0.29) is 84.9 Å². The molecule has 2 fully saturated rings. The van der Waals surface area contributed by atoms with Gasteiger partial charge in [0.15, 0.2) is 52.6 Å². The van der Waals surface area contributed by atoms with Gasteiger partial charge in [-0.25, -0.2) is 19.2 Å². The molecular formula is C75H70N6O18. The Morgan fingerprint density at radius 1 is 0.475 bits per heavy atom. The van der Waals surface area contributed by atoms with E-state index in [9.17, 15) is 43.2 Å². The van der Waals surface area contributed by atoms with Crippen molar-refractivity contribution < 1.29 is 85.8 Å². The summed E-state index contributed by atoms with van der Waals surface area (Å²) in [4.78, 5) is 126. The minimum absolute atomic E-state index is 0.00586. The number of rotatable bonds is 22. The van der Waals surface area contributed by atoms with Crippen LogP contribution >= 0.6 is 0 Å². The Bertz CT molecular complexity index is 4360. The Balaban J connectivity index is 0.819. The Morgan fingerprint density at radius 3 is 1.58 bits per heavy atom. The van der Waals surface area contributed by atoms with Crippen molar-refractivity contribution in [2.24, 2.45) is 0 Å². The van der Waals surface area contributed by atoms with Crippen LogP contribution in [0.3, 0.4) is 0 Å². The number of carbonyl (C=O) groups is 9. The molecule has 24 nitrogen and oxygen atoms in total. The van der Waals surface area contributed by atoms with Crippen molar-refractivity contribution in [2.75, 3.05) is 44.4 Å². The molecule has 0 aliphatic carbocycles. The minimum Gasteiger partial charge on any atom is -0.488 e. The first-order chi connectivity index (χ1) is 47.9. The smallest absolute Gasteiger partial charge is 0.414 e. The Morgan fingerprint density at radius 2 is 0.990 bits per heavy atom. The number of aryl methyl sites for hydroxylation is 2. The molecule has 99 heavy (non-hydrogen) atoms. The van der Waals surface area contributed by atoms with E-state index < -0.39 is 91.7 Å². The second-order valence-electron chi connectivity index (χ2n) is 23.5. The Hall–Kier alpha value is -12.2. The number of hydrogen-bond donors (Lipinski definition) is 5. The SMILES string of the molecule is CC(=O)NC[C@H]1CN(c2ccc3c(c2)Oc2ccc(CCNC(=O)c4cc(C)c(OCc5ccccc5)c(C(=O)NC5COC(=O)[C@@H](NC(=O)c6cccc(OCc7ccccc7)c6OCc6ccccc6)COC(=O)[C@@H](NC(=O)c6cccc(C)c6C)COC5=O)c4)cc2O3)C(=O)O1. The van der Waals surface area contributed by atoms with Crippen molar-refractivity contribution in [3.05, 3.63) is 237 Å². The van der Waals surface area contributed by atoms with Gasteiger partial charge in [0.2, 0.25) is 5.91 Å². The summed E-state index contributed by atoms with van der Waals surface area (Å²) >= 11 is 0. The van der Waals surface area contributed by atoms with Crippen molar-refractivity contribution in [3.8, 4) is 40.2 Å². The number of ether oxygens (including phenoxy) is 9. The van der Waals surface area contributed by atoms with Gasteiger partial charge in [0.05, 0.1) is 29.9 Å². The highest BCUT2D eigenvalue weighted by Crippen LogP contribution is 2.47. The van der Waals surface area contributed by atoms with Crippen LogP contribution in [0.1, 0.15) is 87.3 Å². The molecule has 5 N–H and O–H groups in total. The van der Waals surface area contributed by atoms with Crippen molar-refractivity contribution in [1.82, 2.24) is 26.6 Å². The van der Waals surface area contributed by atoms with Gasteiger partial charge in [-0.3, -0.25) is 28.9 Å². The van der Waals surface area contributed by atoms with E-state index in [0.29, 0.717) is 46.2 Å². The predicted octanol–water partition coefficient (Wildman–Crippen LogP) is 9.02. The molecule has 508 valence electrons. The minimum atomic E-state index is -1.84. The number of cyclic esters (lactones) is 4. The molecule has 2 saturated heterocycles. The monoisotopic (exact) mass is 1340 g/mol. The fourth-order valence-electron chi connectivity index (χ4n) is 10.9. The van der Waals surface area contributed by atoms with Crippen LogP contribution in [0.5, 0.6) is 40.2 Å². The number of carbonyl (C=O) groups excluding carboxylic acids is 9. The molecule has 0 saturated carbocycles. The molecule has 0 spiro atoms. The number of esters is 3. The van der Waals surface area contributed by atoms with Crippen molar-refractivity contribution >= 4 is 59.2 Å². The quantitative estimate of drug-likeness (QED) is 0.0312. The lowest BCUT2D eigenvalue weighted by Crippen LogP contribution is -2.53. The van der Waals surface area contributed by atoms with Gasteiger partial charge in [0, 0.05) is 30.7 Å². The fraction of sp³-hybridized carbons (Fsp3) is 0.240. The third-order valence-electron chi connectivity index (χ3n) is 16.3. The summed E-state index contributed by atoms with van der Waals surface area (Å²) < 4.78 is 53.6. The molecule has 0 aromatic heterocycles. The Labute approximate surface area is 569 Å². The van der Waals surface area contributed by atoms with Crippen LogP contribution < -0.4 is 55.2 Å². The van der Waals surface area contributed by atoms with Crippen molar-refractivity contribution in [3.63, 3.8) is 0 Å². The summed E-state index contributed by atoms with van der Waals surface area (Å²) in [5.41, 5.74) is 5.26. The van der Waals surface area contributed by atoms with Crippen LogP contribution in [0.4, 0.5) is 10.5 Å². The van der Waals surface area contributed by atoms with Crippen molar-refractivity contribution in [1.29, 1.82) is 0 Å². The topological polar surface area (TPSA) is 300 Å². The lowest BCUT2D eigenvalue weighted by molar-refractivity contribution is -0.160. The maximum Gasteiger partial charge on any atom is 0.414 e. The van der Waals surface area contributed by atoms with Crippen LogP contribution in [0.15, 0.2) is 176 Å². The number of fused-ring (bicyclic) bond motifs is 2. The van der Waals surface area contributed by atoms with Gasteiger partial charge in [0.1, 0.15) is 51.5 Å². The number of amides is 6. The number of para-hydroxylation sites is 1. The molecule has 3 heterocycles. The maximum absolute atomic E-state index is 14.9. The van der Waals surface area contributed by atoms with Crippen LogP contribution in [0, 0.1) is 20.8 Å². The van der Waals surface area contributed by atoms with E-state index in [1.807, 2.05) is 91.0 Å². The number of nitrogens with zero attached hydrogens (tertiary/aromatic N) is 1. The van der Waals surface area contributed by atoms with E-state index in [1.54, 1.807) is 87.5 Å². The van der Waals surface area contributed by atoms with Gasteiger partial charge in [-0.1, -0.05) is 115 Å². The number of hydrogen-bond acceptors (Lipinski definition) is 18. The summed E-state index contributed by atoms with van der Waals surface area (Å²) in [5, 5.41) is 13.3. The van der Waals surface area contributed by atoms with Gasteiger partial charge in [-0.15, -0.1) is 0 Å². The van der Waals surface area contributed by atoms with Gasteiger partial charge in [-0.05, 0) is 121 Å². The average Bonchev–Trinajstić information content (AvgIpc) is 1.65. The maximum atomic E-state index is 14.9. The van der Waals surface area contributed by atoms with E-state index >= 15 is 0 Å². The second-order valence-corrected chi connectivity index (χ2v) is 23.5.